The Morgan fingerprint density at radius 1 is 1.19 bits per heavy atom. The summed E-state index contributed by atoms with van der Waals surface area (Å²) in [5, 5.41) is 10.6. The summed E-state index contributed by atoms with van der Waals surface area (Å²) in [5.74, 6) is -2.34. The first-order valence-electron chi connectivity index (χ1n) is 9.99. The van der Waals surface area contributed by atoms with Crippen molar-refractivity contribution in [3.8, 4) is 0 Å². The van der Waals surface area contributed by atoms with Crippen LogP contribution in [0.5, 0.6) is 0 Å². The van der Waals surface area contributed by atoms with E-state index < -0.39 is 35.9 Å². The molecular weight excluding hydrogens is 332 g/mol. The van der Waals surface area contributed by atoms with Crippen molar-refractivity contribution in [2.24, 2.45) is 40.9 Å². The van der Waals surface area contributed by atoms with Crippen LogP contribution in [0.3, 0.4) is 0 Å². The summed E-state index contributed by atoms with van der Waals surface area (Å²) in [4.78, 5) is 38.2. The largest absolute Gasteiger partial charge is 0.462 e. The molecule has 0 amide bonds. The molecule has 1 N–H and O–H groups in total. The van der Waals surface area contributed by atoms with E-state index in [0.29, 0.717) is 6.42 Å². The minimum absolute atomic E-state index is 0.0372. The summed E-state index contributed by atoms with van der Waals surface area (Å²) in [6.07, 6.45) is 1.85. The zero-order valence-corrected chi connectivity index (χ0v) is 16.5. The number of rotatable bonds is 2. The van der Waals surface area contributed by atoms with Crippen LogP contribution in [0, 0.1) is 40.9 Å². The van der Waals surface area contributed by atoms with Crippen LogP contribution in [0.25, 0.3) is 0 Å². The van der Waals surface area contributed by atoms with Gasteiger partial charge >= 0.3 is 5.97 Å². The normalized spacial score (nSPS) is 42.2. The van der Waals surface area contributed by atoms with Gasteiger partial charge in [-0.15, -0.1) is 0 Å². The number of aliphatic hydroxyl groups is 1. The third-order valence-electron chi connectivity index (χ3n) is 7.27. The van der Waals surface area contributed by atoms with Crippen molar-refractivity contribution in [1.82, 2.24) is 0 Å². The number of ketones is 2. The highest BCUT2D eigenvalue weighted by Gasteiger charge is 2.61. The molecule has 5 heteroatoms. The van der Waals surface area contributed by atoms with Crippen LogP contribution in [-0.4, -0.2) is 34.9 Å². The van der Waals surface area contributed by atoms with Gasteiger partial charge in [0, 0.05) is 12.8 Å². The summed E-state index contributed by atoms with van der Waals surface area (Å²) < 4.78 is 5.59. The first-order chi connectivity index (χ1) is 12.1. The maximum atomic E-state index is 13.3. The summed E-state index contributed by atoms with van der Waals surface area (Å²) in [7, 11) is 0. The van der Waals surface area contributed by atoms with Crippen LogP contribution in [-0.2, 0) is 19.1 Å². The van der Waals surface area contributed by atoms with Crippen LogP contribution < -0.4 is 0 Å². The molecule has 26 heavy (non-hydrogen) atoms. The van der Waals surface area contributed by atoms with Crippen molar-refractivity contribution >= 4 is 17.5 Å². The predicted octanol–water partition coefficient (Wildman–Crippen LogP) is 2.78. The topological polar surface area (TPSA) is 80.7 Å². The molecule has 0 aromatic rings. The van der Waals surface area contributed by atoms with Crippen molar-refractivity contribution in [3.05, 3.63) is 0 Å². The summed E-state index contributed by atoms with van der Waals surface area (Å²) >= 11 is 0. The Balaban J connectivity index is 2.05. The lowest BCUT2D eigenvalue weighted by Gasteiger charge is -2.56. The quantitative estimate of drug-likeness (QED) is 0.762. The number of hydrogen-bond acceptors (Lipinski definition) is 5. The molecule has 0 aromatic heterocycles. The number of esters is 1. The van der Waals surface area contributed by atoms with E-state index in [-0.39, 0.29) is 34.7 Å². The monoisotopic (exact) mass is 364 g/mol. The second-order valence-electron chi connectivity index (χ2n) is 9.61. The van der Waals surface area contributed by atoms with E-state index in [1.807, 2.05) is 13.8 Å². The molecule has 3 saturated carbocycles. The Kier molecular flexibility index (Phi) is 5.06. The van der Waals surface area contributed by atoms with Gasteiger partial charge in [0.1, 0.15) is 18.0 Å². The zero-order valence-electron chi connectivity index (χ0n) is 16.5. The first kappa shape index (κ1) is 19.5. The standard InChI is InChI=1S/C21H32O5/c1-10(2)15-18(23)17-14(26-11(3)22)9-13-12(7-6-8-21(13,4)5)16(17)20(25)19(15)24/h10,12-17,19,24H,6-9H2,1-5H3/t12-,13-,14+,15+,16-,17+,19-/m1/s1. The molecule has 0 aliphatic heterocycles. The van der Waals surface area contributed by atoms with Gasteiger partial charge in [-0.05, 0) is 42.4 Å². The fourth-order valence-corrected chi connectivity index (χ4v) is 6.11. The van der Waals surface area contributed by atoms with Gasteiger partial charge in [0.2, 0.25) is 0 Å². The Morgan fingerprint density at radius 2 is 1.85 bits per heavy atom. The lowest BCUT2D eigenvalue weighted by molar-refractivity contribution is -0.184. The molecule has 5 nitrogen and oxygen atoms in total. The van der Waals surface area contributed by atoms with E-state index in [2.05, 4.69) is 13.8 Å². The minimum Gasteiger partial charge on any atom is -0.462 e. The molecule has 3 fully saturated rings. The van der Waals surface area contributed by atoms with Gasteiger partial charge in [-0.1, -0.05) is 34.1 Å². The number of Topliss-reactive ketones (excluding diaryl/α,β-unsaturated/α-hetero) is 2. The molecule has 3 rings (SSSR count). The summed E-state index contributed by atoms with van der Waals surface area (Å²) in [5.41, 5.74) is 0.0372. The van der Waals surface area contributed by atoms with Crippen molar-refractivity contribution in [2.75, 3.05) is 0 Å². The van der Waals surface area contributed by atoms with E-state index in [1.54, 1.807) is 0 Å². The van der Waals surface area contributed by atoms with Crippen LogP contribution >= 0.6 is 0 Å². The van der Waals surface area contributed by atoms with E-state index in [9.17, 15) is 19.5 Å². The molecule has 0 saturated heterocycles. The minimum atomic E-state index is -1.23. The fourth-order valence-electron chi connectivity index (χ4n) is 6.11. The van der Waals surface area contributed by atoms with Crippen molar-refractivity contribution < 1.29 is 24.2 Å². The van der Waals surface area contributed by atoms with Crippen LogP contribution in [0.2, 0.25) is 0 Å². The molecule has 3 aliphatic carbocycles. The van der Waals surface area contributed by atoms with Gasteiger partial charge in [-0.2, -0.15) is 0 Å². The second-order valence-corrected chi connectivity index (χ2v) is 9.61. The number of ether oxygens (including phenoxy) is 1. The van der Waals surface area contributed by atoms with Crippen LogP contribution in [0.4, 0.5) is 0 Å². The van der Waals surface area contributed by atoms with Crippen LogP contribution in [0.15, 0.2) is 0 Å². The molecule has 146 valence electrons. The molecule has 7 atom stereocenters. The fraction of sp³-hybridized carbons (Fsp3) is 0.857. The SMILES string of the molecule is CC(=O)O[C@H]1C[C@@H]2[C@@H](CCCC2(C)C)[C@H]2C(=O)[C@H](O)[C@@H](C(C)C)C(=O)[C@H]21. The van der Waals surface area contributed by atoms with Crippen molar-refractivity contribution in [2.45, 2.75) is 72.5 Å². The number of carbonyl (C=O) groups is 3. The maximum Gasteiger partial charge on any atom is 0.302 e. The molecule has 0 aromatic carbocycles. The molecule has 0 bridgehead atoms. The Morgan fingerprint density at radius 3 is 2.42 bits per heavy atom. The van der Waals surface area contributed by atoms with E-state index in [0.717, 1.165) is 19.3 Å². The third-order valence-corrected chi connectivity index (χ3v) is 7.27. The molecule has 0 spiro atoms. The second kappa shape index (κ2) is 6.74. The van der Waals surface area contributed by atoms with Gasteiger partial charge in [0.05, 0.1) is 11.8 Å². The number of fused-ring (bicyclic) bond motifs is 3. The highest BCUT2D eigenvalue weighted by molar-refractivity contribution is 6.01. The maximum absolute atomic E-state index is 13.3. The van der Waals surface area contributed by atoms with Gasteiger partial charge in [-0.3, -0.25) is 14.4 Å². The Hall–Kier alpha value is -1.23. The van der Waals surface area contributed by atoms with E-state index in [1.165, 1.54) is 6.92 Å². The highest BCUT2D eigenvalue weighted by atomic mass is 16.5. The van der Waals surface area contributed by atoms with Gasteiger partial charge in [0.15, 0.2) is 5.78 Å². The van der Waals surface area contributed by atoms with Gasteiger partial charge < -0.3 is 9.84 Å². The first-order valence-corrected chi connectivity index (χ1v) is 9.99. The van der Waals surface area contributed by atoms with E-state index >= 15 is 0 Å². The highest BCUT2D eigenvalue weighted by Crippen LogP contribution is 2.57. The average molecular weight is 364 g/mol. The molecular formula is C21H32O5. The molecule has 0 radical (unpaired) electrons. The van der Waals surface area contributed by atoms with Gasteiger partial charge in [0.25, 0.3) is 0 Å². The summed E-state index contributed by atoms with van der Waals surface area (Å²) in [6.45, 7) is 9.48. The Bertz CT molecular complexity index is 608. The summed E-state index contributed by atoms with van der Waals surface area (Å²) in [6, 6.07) is 0. The van der Waals surface area contributed by atoms with Crippen LogP contribution in [0.1, 0.15) is 60.3 Å². The smallest absolute Gasteiger partial charge is 0.302 e. The zero-order chi connectivity index (χ0) is 19.4. The lowest BCUT2D eigenvalue weighted by atomic mass is 9.49. The van der Waals surface area contributed by atoms with Gasteiger partial charge in [-0.25, -0.2) is 0 Å². The van der Waals surface area contributed by atoms with Crippen molar-refractivity contribution in [1.29, 1.82) is 0 Å². The average Bonchev–Trinajstić information content (AvgIpc) is 2.51. The van der Waals surface area contributed by atoms with E-state index in [4.69, 9.17) is 4.74 Å². The lowest BCUT2D eigenvalue weighted by Crippen LogP contribution is -2.63. The molecule has 0 unspecified atom stereocenters. The number of hydrogen-bond donors (Lipinski definition) is 1. The third kappa shape index (κ3) is 3.02. The molecule has 0 heterocycles. The predicted molar refractivity (Wildman–Crippen MR) is 96.1 cm³/mol. The molecule has 3 aliphatic rings. The number of aliphatic hydroxyl groups excluding tert-OH is 1. The number of carbonyl (C=O) groups excluding carboxylic acids is 3. The van der Waals surface area contributed by atoms with Crippen molar-refractivity contribution in [3.63, 3.8) is 0 Å². The Labute approximate surface area is 155 Å².